The van der Waals surface area contributed by atoms with Crippen LogP contribution in [0.4, 0.5) is 10.8 Å². The first kappa shape index (κ1) is 18.1. The quantitative estimate of drug-likeness (QED) is 0.652. The Hall–Kier alpha value is -2.31. The fraction of sp³-hybridized carbons (Fsp3) is 0.300. The largest absolute Gasteiger partial charge is 0.495 e. The molecule has 2 aromatic carbocycles. The Balaban J connectivity index is 1.58. The molecule has 0 aliphatic carbocycles. The van der Waals surface area contributed by atoms with Crippen LogP contribution in [0.15, 0.2) is 36.4 Å². The van der Waals surface area contributed by atoms with E-state index in [-0.39, 0.29) is 5.91 Å². The molecule has 0 radical (unpaired) electrons. The molecule has 5 nitrogen and oxygen atoms in total. The van der Waals surface area contributed by atoms with Crippen LogP contribution in [-0.4, -0.2) is 31.1 Å². The number of methoxy groups -OCH3 is 1. The Morgan fingerprint density at radius 3 is 2.78 bits per heavy atom. The van der Waals surface area contributed by atoms with Gasteiger partial charge in [0.1, 0.15) is 5.75 Å². The van der Waals surface area contributed by atoms with Crippen LogP contribution in [0.25, 0.3) is 10.2 Å². The number of fused-ring (bicyclic) bond motifs is 1. The molecule has 1 fully saturated rings. The number of carbonyl (C=O) groups excluding carboxylic acids is 1. The highest BCUT2D eigenvalue weighted by Gasteiger charge is 2.17. The van der Waals surface area contributed by atoms with Crippen molar-refractivity contribution in [3.05, 3.63) is 47.0 Å². The van der Waals surface area contributed by atoms with Crippen molar-refractivity contribution < 1.29 is 9.53 Å². The van der Waals surface area contributed by atoms with Gasteiger partial charge in [-0.3, -0.25) is 4.79 Å². The highest BCUT2D eigenvalue weighted by atomic mass is 35.5. The summed E-state index contributed by atoms with van der Waals surface area (Å²) in [7, 11) is 1.56. The normalized spacial score (nSPS) is 14.4. The maximum atomic E-state index is 12.7. The van der Waals surface area contributed by atoms with Gasteiger partial charge in [0.25, 0.3) is 5.91 Å². The fourth-order valence-corrected chi connectivity index (χ4v) is 4.48. The van der Waals surface area contributed by atoms with Crippen LogP contribution < -0.4 is 15.0 Å². The summed E-state index contributed by atoms with van der Waals surface area (Å²) in [5.74, 6) is 0.365. The van der Waals surface area contributed by atoms with Crippen LogP contribution in [0, 0.1) is 0 Å². The number of halogens is 1. The summed E-state index contributed by atoms with van der Waals surface area (Å²) in [5, 5.41) is 4.46. The molecule has 7 heteroatoms. The molecule has 1 saturated heterocycles. The predicted octanol–water partition coefficient (Wildman–Crippen LogP) is 5.20. The van der Waals surface area contributed by atoms with Gasteiger partial charge in [-0.15, -0.1) is 0 Å². The molecule has 3 aromatic rings. The Labute approximate surface area is 166 Å². The van der Waals surface area contributed by atoms with Gasteiger partial charge in [0.05, 0.1) is 23.0 Å². The highest BCUT2D eigenvalue weighted by Crippen LogP contribution is 2.32. The van der Waals surface area contributed by atoms with Gasteiger partial charge in [-0.25, -0.2) is 4.98 Å². The number of thiazole rings is 1. The van der Waals surface area contributed by atoms with Crippen LogP contribution in [-0.2, 0) is 0 Å². The van der Waals surface area contributed by atoms with Gasteiger partial charge in [-0.05, 0) is 55.7 Å². The van der Waals surface area contributed by atoms with Crippen molar-refractivity contribution in [3.8, 4) is 5.75 Å². The maximum absolute atomic E-state index is 12.7. The molecule has 0 saturated carbocycles. The van der Waals surface area contributed by atoms with Crippen LogP contribution in [0.2, 0.25) is 5.02 Å². The van der Waals surface area contributed by atoms with Crippen LogP contribution in [0.3, 0.4) is 0 Å². The average molecular weight is 402 g/mol. The van der Waals surface area contributed by atoms with Gasteiger partial charge in [-0.2, -0.15) is 0 Å². The first-order chi connectivity index (χ1) is 13.1. The number of nitrogens with zero attached hydrogens (tertiary/aromatic N) is 2. The molecule has 27 heavy (non-hydrogen) atoms. The summed E-state index contributed by atoms with van der Waals surface area (Å²) < 4.78 is 6.31. The van der Waals surface area contributed by atoms with Crippen LogP contribution >= 0.6 is 22.9 Å². The van der Waals surface area contributed by atoms with E-state index in [0.29, 0.717) is 22.0 Å². The zero-order chi connectivity index (χ0) is 18.8. The summed E-state index contributed by atoms with van der Waals surface area (Å²) in [5.41, 5.74) is 2.06. The zero-order valence-electron chi connectivity index (χ0n) is 15.0. The Bertz CT molecular complexity index is 983. The number of hydrogen-bond donors (Lipinski definition) is 1. The van der Waals surface area contributed by atoms with Crippen molar-refractivity contribution in [2.45, 2.75) is 19.3 Å². The van der Waals surface area contributed by atoms with E-state index in [1.54, 1.807) is 42.7 Å². The lowest BCUT2D eigenvalue weighted by molar-refractivity contribution is 0.102. The maximum Gasteiger partial charge on any atom is 0.255 e. The number of carbonyl (C=O) groups is 1. The SMILES string of the molecule is COc1ccc(Cl)cc1NC(=O)c1ccc2nc(N3CCCCC3)sc2c1. The highest BCUT2D eigenvalue weighted by molar-refractivity contribution is 7.22. The molecule has 1 N–H and O–H groups in total. The molecular formula is C20H20ClN3O2S. The number of hydrogen-bond acceptors (Lipinski definition) is 5. The zero-order valence-corrected chi connectivity index (χ0v) is 16.6. The smallest absolute Gasteiger partial charge is 0.255 e. The van der Waals surface area contributed by atoms with E-state index < -0.39 is 0 Å². The number of nitrogens with one attached hydrogen (secondary N) is 1. The molecule has 0 atom stereocenters. The molecule has 0 spiro atoms. The van der Waals surface area contributed by atoms with Crippen molar-refractivity contribution >= 4 is 49.9 Å². The summed E-state index contributed by atoms with van der Waals surface area (Å²) in [4.78, 5) is 19.8. The number of aromatic nitrogens is 1. The fourth-order valence-electron chi connectivity index (χ4n) is 3.25. The molecule has 1 aliphatic heterocycles. The minimum atomic E-state index is -0.203. The summed E-state index contributed by atoms with van der Waals surface area (Å²) in [6, 6.07) is 10.7. The number of rotatable bonds is 4. The van der Waals surface area contributed by atoms with E-state index in [9.17, 15) is 4.79 Å². The molecule has 1 aromatic heterocycles. The molecule has 4 rings (SSSR count). The van der Waals surface area contributed by atoms with E-state index in [2.05, 4.69) is 10.2 Å². The third-order valence-electron chi connectivity index (χ3n) is 4.68. The number of benzene rings is 2. The summed E-state index contributed by atoms with van der Waals surface area (Å²) in [6.07, 6.45) is 3.72. The van der Waals surface area contributed by atoms with Gasteiger partial charge < -0.3 is 15.0 Å². The standard InChI is InChI=1S/C20H20ClN3O2S/c1-26-17-8-6-14(21)12-16(17)22-19(25)13-5-7-15-18(11-13)27-20(23-15)24-9-3-2-4-10-24/h5-8,11-12H,2-4,9-10H2,1H3,(H,22,25). The van der Waals surface area contributed by atoms with Crippen LogP contribution in [0.1, 0.15) is 29.6 Å². The summed E-state index contributed by atoms with van der Waals surface area (Å²) >= 11 is 7.68. The lowest BCUT2D eigenvalue weighted by Crippen LogP contribution is -2.29. The van der Waals surface area contributed by atoms with Crippen molar-refractivity contribution in [1.82, 2.24) is 4.98 Å². The molecule has 2 heterocycles. The molecule has 0 bridgehead atoms. The van der Waals surface area contributed by atoms with Gasteiger partial charge in [0.2, 0.25) is 0 Å². The van der Waals surface area contributed by atoms with E-state index in [0.717, 1.165) is 28.4 Å². The minimum Gasteiger partial charge on any atom is -0.495 e. The van der Waals surface area contributed by atoms with E-state index in [1.807, 2.05) is 12.1 Å². The predicted molar refractivity (Wildman–Crippen MR) is 112 cm³/mol. The first-order valence-electron chi connectivity index (χ1n) is 8.94. The lowest BCUT2D eigenvalue weighted by atomic mass is 10.1. The Morgan fingerprint density at radius 2 is 2.00 bits per heavy atom. The molecular weight excluding hydrogens is 382 g/mol. The summed E-state index contributed by atoms with van der Waals surface area (Å²) in [6.45, 7) is 2.11. The van der Waals surface area contributed by atoms with Gasteiger partial charge in [-0.1, -0.05) is 22.9 Å². The third kappa shape index (κ3) is 3.87. The monoisotopic (exact) mass is 401 g/mol. The van der Waals surface area contributed by atoms with Gasteiger partial charge >= 0.3 is 0 Å². The van der Waals surface area contributed by atoms with E-state index in [1.165, 1.54) is 19.3 Å². The molecule has 0 unspecified atom stereocenters. The number of anilines is 2. The number of ether oxygens (including phenoxy) is 1. The second kappa shape index (κ2) is 7.74. The number of piperidine rings is 1. The van der Waals surface area contributed by atoms with Crippen LogP contribution in [0.5, 0.6) is 5.75 Å². The average Bonchev–Trinajstić information content (AvgIpc) is 3.12. The van der Waals surface area contributed by atoms with Crippen molar-refractivity contribution in [2.24, 2.45) is 0 Å². The van der Waals surface area contributed by atoms with Crippen molar-refractivity contribution in [2.75, 3.05) is 30.4 Å². The Morgan fingerprint density at radius 1 is 1.19 bits per heavy atom. The molecule has 1 amide bonds. The van der Waals surface area contributed by atoms with E-state index >= 15 is 0 Å². The third-order valence-corrected chi connectivity index (χ3v) is 5.99. The Kier molecular flexibility index (Phi) is 5.18. The lowest BCUT2D eigenvalue weighted by Gasteiger charge is -2.25. The second-order valence-electron chi connectivity index (χ2n) is 6.53. The van der Waals surface area contributed by atoms with Gasteiger partial charge in [0, 0.05) is 23.7 Å². The molecule has 140 valence electrons. The van der Waals surface area contributed by atoms with E-state index in [4.69, 9.17) is 21.3 Å². The molecule has 1 aliphatic rings. The minimum absolute atomic E-state index is 0.203. The number of amides is 1. The second-order valence-corrected chi connectivity index (χ2v) is 7.97. The van der Waals surface area contributed by atoms with Crippen molar-refractivity contribution in [1.29, 1.82) is 0 Å². The van der Waals surface area contributed by atoms with Crippen molar-refractivity contribution in [3.63, 3.8) is 0 Å². The first-order valence-corrected chi connectivity index (χ1v) is 10.1. The van der Waals surface area contributed by atoms with Gasteiger partial charge in [0.15, 0.2) is 5.13 Å². The topological polar surface area (TPSA) is 54.5 Å².